The molecule has 3 atom stereocenters. The van der Waals surface area contributed by atoms with E-state index in [4.69, 9.17) is 0 Å². The molecule has 0 spiro atoms. The highest BCUT2D eigenvalue weighted by atomic mass is 16.3. The van der Waals surface area contributed by atoms with Gasteiger partial charge in [-0.2, -0.15) is 0 Å². The molecule has 2 nitrogen and oxygen atoms in total. The van der Waals surface area contributed by atoms with Gasteiger partial charge in [0, 0.05) is 5.92 Å². The number of rotatable bonds is 2. The first-order valence-electron chi connectivity index (χ1n) is 6.79. The Morgan fingerprint density at radius 3 is 2.31 bits per heavy atom. The fourth-order valence-corrected chi connectivity index (χ4v) is 3.37. The Morgan fingerprint density at radius 1 is 1.12 bits per heavy atom. The molecule has 92 valence electrons. The van der Waals surface area contributed by atoms with Crippen LogP contribution >= 0.6 is 0 Å². The second-order valence-electron chi connectivity index (χ2n) is 6.07. The van der Waals surface area contributed by atoms with E-state index in [-0.39, 0.29) is 11.7 Å². The van der Waals surface area contributed by atoms with Crippen molar-refractivity contribution in [1.82, 2.24) is 0 Å². The van der Waals surface area contributed by atoms with Gasteiger partial charge in [-0.25, -0.2) is 0 Å². The smallest absolute Gasteiger partial charge is 0.167 e. The Morgan fingerprint density at radius 2 is 1.75 bits per heavy atom. The van der Waals surface area contributed by atoms with Gasteiger partial charge in [0.1, 0.15) is 5.60 Å². The summed E-state index contributed by atoms with van der Waals surface area (Å²) < 4.78 is 0. The molecule has 0 aromatic carbocycles. The highest BCUT2D eigenvalue weighted by molar-refractivity contribution is 5.89. The number of ketones is 1. The van der Waals surface area contributed by atoms with Gasteiger partial charge in [0.25, 0.3) is 0 Å². The van der Waals surface area contributed by atoms with Gasteiger partial charge in [-0.15, -0.1) is 0 Å². The molecule has 16 heavy (non-hydrogen) atoms. The molecular formula is C14H24O2. The highest BCUT2D eigenvalue weighted by Gasteiger charge is 2.43. The fraction of sp³-hybridized carbons (Fsp3) is 0.929. The second kappa shape index (κ2) is 4.48. The predicted octanol–water partition coefficient (Wildman–Crippen LogP) is 2.93. The van der Waals surface area contributed by atoms with Gasteiger partial charge in [0.2, 0.25) is 0 Å². The van der Waals surface area contributed by atoms with E-state index in [1.54, 1.807) is 0 Å². The number of Topliss-reactive ketones (excluding diaryl/α,β-unsaturated/α-hetero) is 1. The standard InChI is InChI=1S/C14H24O2/c1-10-5-6-12(9-11(10)2)13(15)14(16)7-3-4-8-14/h10-12,16H,3-9H2,1-2H3. The Hall–Kier alpha value is -0.370. The summed E-state index contributed by atoms with van der Waals surface area (Å²) >= 11 is 0. The van der Waals surface area contributed by atoms with E-state index < -0.39 is 5.60 Å². The lowest BCUT2D eigenvalue weighted by atomic mass is 9.71. The van der Waals surface area contributed by atoms with Crippen LogP contribution in [0.5, 0.6) is 0 Å². The molecule has 2 saturated carbocycles. The van der Waals surface area contributed by atoms with Crippen molar-refractivity contribution in [2.45, 2.75) is 64.4 Å². The molecule has 2 fully saturated rings. The molecule has 0 aliphatic heterocycles. The van der Waals surface area contributed by atoms with Crippen molar-refractivity contribution in [3.05, 3.63) is 0 Å². The van der Waals surface area contributed by atoms with Crippen LogP contribution in [0.25, 0.3) is 0 Å². The SMILES string of the molecule is CC1CCC(C(=O)C2(O)CCCC2)CC1C. The number of hydrogen-bond acceptors (Lipinski definition) is 2. The van der Waals surface area contributed by atoms with E-state index >= 15 is 0 Å². The van der Waals surface area contributed by atoms with Crippen molar-refractivity contribution < 1.29 is 9.90 Å². The topological polar surface area (TPSA) is 37.3 Å². The minimum Gasteiger partial charge on any atom is -0.382 e. The highest BCUT2D eigenvalue weighted by Crippen LogP contribution is 2.39. The average Bonchev–Trinajstić information content (AvgIpc) is 2.70. The number of hydrogen-bond donors (Lipinski definition) is 1. The summed E-state index contributed by atoms with van der Waals surface area (Å²) in [7, 11) is 0. The Balaban J connectivity index is 2.00. The van der Waals surface area contributed by atoms with Crippen LogP contribution in [0.1, 0.15) is 58.8 Å². The summed E-state index contributed by atoms with van der Waals surface area (Å²) in [6, 6.07) is 0. The molecule has 0 aromatic heterocycles. The minimum atomic E-state index is -0.953. The molecule has 0 amide bonds. The van der Waals surface area contributed by atoms with Gasteiger partial charge in [-0.05, 0) is 56.8 Å². The Kier molecular flexibility index (Phi) is 3.39. The molecule has 2 aliphatic rings. The van der Waals surface area contributed by atoms with Gasteiger partial charge >= 0.3 is 0 Å². The van der Waals surface area contributed by atoms with Crippen molar-refractivity contribution in [1.29, 1.82) is 0 Å². The zero-order valence-corrected chi connectivity index (χ0v) is 10.5. The van der Waals surface area contributed by atoms with Gasteiger partial charge in [-0.3, -0.25) is 4.79 Å². The molecule has 1 N–H and O–H groups in total. The van der Waals surface area contributed by atoms with Gasteiger partial charge in [0.15, 0.2) is 5.78 Å². The number of carbonyl (C=O) groups is 1. The summed E-state index contributed by atoms with van der Waals surface area (Å²) in [5.41, 5.74) is -0.953. The average molecular weight is 224 g/mol. The van der Waals surface area contributed by atoms with Crippen molar-refractivity contribution in [2.75, 3.05) is 0 Å². The summed E-state index contributed by atoms with van der Waals surface area (Å²) in [5, 5.41) is 10.3. The van der Waals surface area contributed by atoms with Crippen LogP contribution in [0.3, 0.4) is 0 Å². The van der Waals surface area contributed by atoms with Crippen LogP contribution in [0.2, 0.25) is 0 Å². The maximum absolute atomic E-state index is 12.3. The molecule has 0 heterocycles. The maximum Gasteiger partial charge on any atom is 0.167 e. The zero-order chi connectivity index (χ0) is 11.8. The van der Waals surface area contributed by atoms with E-state index in [1.807, 2.05) is 0 Å². The first-order chi connectivity index (χ1) is 7.53. The Bertz CT molecular complexity index is 266. The van der Waals surface area contributed by atoms with Gasteiger partial charge in [-0.1, -0.05) is 13.8 Å². The van der Waals surface area contributed by atoms with Crippen LogP contribution in [-0.2, 0) is 4.79 Å². The van der Waals surface area contributed by atoms with Crippen LogP contribution in [0.4, 0.5) is 0 Å². The quantitative estimate of drug-likeness (QED) is 0.783. The fourth-order valence-electron chi connectivity index (χ4n) is 3.37. The van der Waals surface area contributed by atoms with Crippen LogP contribution in [-0.4, -0.2) is 16.5 Å². The molecule has 3 unspecified atom stereocenters. The predicted molar refractivity (Wildman–Crippen MR) is 64.1 cm³/mol. The Labute approximate surface area is 98.4 Å². The lowest BCUT2D eigenvalue weighted by molar-refractivity contribution is -0.143. The second-order valence-corrected chi connectivity index (χ2v) is 6.07. The molecule has 0 radical (unpaired) electrons. The lowest BCUT2D eigenvalue weighted by Gasteiger charge is -2.34. The number of carbonyl (C=O) groups excluding carboxylic acids is 1. The van der Waals surface area contributed by atoms with E-state index in [0.717, 1.165) is 38.0 Å². The van der Waals surface area contributed by atoms with E-state index in [1.165, 1.54) is 0 Å². The third-order valence-electron chi connectivity index (χ3n) is 4.86. The molecule has 2 heteroatoms. The van der Waals surface area contributed by atoms with Crippen molar-refractivity contribution in [3.8, 4) is 0 Å². The molecule has 0 saturated heterocycles. The molecule has 2 aliphatic carbocycles. The van der Waals surface area contributed by atoms with Crippen molar-refractivity contribution in [3.63, 3.8) is 0 Å². The van der Waals surface area contributed by atoms with E-state index in [9.17, 15) is 9.90 Å². The number of aliphatic hydroxyl groups is 1. The monoisotopic (exact) mass is 224 g/mol. The molecular weight excluding hydrogens is 200 g/mol. The van der Waals surface area contributed by atoms with E-state index in [0.29, 0.717) is 18.8 Å². The summed E-state index contributed by atoms with van der Waals surface area (Å²) in [6.45, 7) is 4.51. The van der Waals surface area contributed by atoms with Crippen molar-refractivity contribution in [2.24, 2.45) is 17.8 Å². The largest absolute Gasteiger partial charge is 0.382 e. The minimum absolute atomic E-state index is 0.134. The molecule has 2 rings (SSSR count). The molecule has 0 bridgehead atoms. The lowest BCUT2D eigenvalue weighted by Crippen LogP contribution is -2.42. The zero-order valence-electron chi connectivity index (χ0n) is 10.5. The molecule has 0 aromatic rings. The van der Waals surface area contributed by atoms with Crippen molar-refractivity contribution >= 4 is 5.78 Å². The van der Waals surface area contributed by atoms with E-state index in [2.05, 4.69) is 13.8 Å². The summed E-state index contributed by atoms with van der Waals surface area (Å²) in [4.78, 5) is 12.3. The summed E-state index contributed by atoms with van der Waals surface area (Å²) in [6.07, 6.45) is 6.56. The van der Waals surface area contributed by atoms with Crippen LogP contribution in [0, 0.1) is 17.8 Å². The third kappa shape index (κ3) is 2.17. The normalized spacial score (nSPS) is 38.6. The first-order valence-corrected chi connectivity index (χ1v) is 6.79. The third-order valence-corrected chi connectivity index (χ3v) is 4.86. The first kappa shape index (κ1) is 12.1. The van der Waals surface area contributed by atoms with Crippen LogP contribution < -0.4 is 0 Å². The van der Waals surface area contributed by atoms with Crippen LogP contribution in [0.15, 0.2) is 0 Å². The maximum atomic E-state index is 12.3. The van der Waals surface area contributed by atoms with Gasteiger partial charge in [0.05, 0.1) is 0 Å². The van der Waals surface area contributed by atoms with Gasteiger partial charge < -0.3 is 5.11 Å². The summed E-state index contributed by atoms with van der Waals surface area (Å²) in [5.74, 6) is 1.66.